The van der Waals surface area contributed by atoms with Gasteiger partial charge >= 0.3 is 5.97 Å². The molecule has 0 aliphatic heterocycles. The molecule has 0 bridgehead atoms. The van der Waals surface area contributed by atoms with Crippen molar-refractivity contribution >= 4 is 34.5 Å². The van der Waals surface area contributed by atoms with Crippen LogP contribution in [0.2, 0.25) is 0 Å². The van der Waals surface area contributed by atoms with Crippen molar-refractivity contribution < 1.29 is 14.7 Å². The topological polar surface area (TPSA) is 66.4 Å². The fourth-order valence-electron chi connectivity index (χ4n) is 2.76. The van der Waals surface area contributed by atoms with Crippen LogP contribution in [0.15, 0.2) is 24.3 Å². The molecule has 1 aliphatic carbocycles. The average Bonchev–Trinajstić information content (AvgIpc) is 2.46. The maximum absolute atomic E-state index is 12.2. The minimum atomic E-state index is -0.801. The number of hydrogen-bond acceptors (Lipinski definition) is 2. The van der Waals surface area contributed by atoms with E-state index in [4.69, 9.17) is 0 Å². The lowest BCUT2D eigenvalue weighted by molar-refractivity contribution is -0.151. The molecule has 114 valence electrons. The Morgan fingerprint density at radius 1 is 1.38 bits per heavy atom. The highest BCUT2D eigenvalue weighted by Crippen LogP contribution is 2.38. The summed E-state index contributed by atoms with van der Waals surface area (Å²) in [6.45, 7) is 2.36. The molecule has 1 fully saturated rings. The lowest BCUT2D eigenvalue weighted by atomic mass is 9.71. The Morgan fingerprint density at radius 2 is 2.05 bits per heavy atom. The summed E-state index contributed by atoms with van der Waals surface area (Å²) in [6.07, 6.45) is 3.09. The van der Waals surface area contributed by atoms with Crippen molar-refractivity contribution in [3.05, 3.63) is 33.4 Å². The molecule has 0 atom stereocenters. The third kappa shape index (κ3) is 3.96. The molecule has 4 nitrogen and oxygen atoms in total. The third-order valence-electron chi connectivity index (χ3n) is 4.36. The summed E-state index contributed by atoms with van der Waals surface area (Å²) >= 11 is 2.15. The average molecular weight is 401 g/mol. The van der Waals surface area contributed by atoms with E-state index in [9.17, 15) is 14.7 Å². The maximum atomic E-state index is 12.2. The second kappa shape index (κ2) is 6.77. The van der Waals surface area contributed by atoms with Crippen molar-refractivity contribution in [2.75, 3.05) is 6.54 Å². The molecule has 1 aromatic carbocycles. The first-order chi connectivity index (χ1) is 9.93. The van der Waals surface area contributed by atoms with E-state index in [0.29, 0.717) is 24.3 Å². The number of aliphatic carboxylic acids is 1. The van der Waals surface area contributed by atoms with Gasteiger partial charge in [-0.15, -0.1) is 0 Å². The molecular weight excluding hydrogens is 381 g/mol. The van der Waals surface area contributed by atoms with Gasteiger partial charge in [0.2, 0.25) is 0 Å². The summed E-state index contributed by atoms with van der Waals surface area (Å²) in [5, 5.41) is 12.4. The fraction of sp³-hybridized carbons (Fsp3) is 0.500. The Morgan fingerprint density at radius 3 is 2.62 bits per heavy atom. The van der Waals surface area contributed by atoms with Gasteiger partial charge in [-0.25, -0.2) is 0 Å². The minimum Gasteiger partial charge on any atom is -0.481 e. The number of amides is 1. The molecule has 0 radical (unpaired) electrons. The smallest absolute Gasteiger partial charge is 0.311 e. The van der Waals surface area contributed by atoms with E-state index in [-0.39, 0.29) is 12.5 Å². The molecule has 0 saturated heterocycles. The molecule has 1 aliphatic rings. The Labute approximate surface area is 138 Å². The molecule has 5 heteroatoms. The second-order valence-corrected chi connectivity index (χ2v) is 7.21. The zero-order valence-corrected chi connectivity index (χ0v) is 14.2. The van der Waals surface area contributed by atoms with Crippen molar-refractivity contribution in [2.24, 2.45) is 11.3 Å². The van der Waals surface area contributed by atoms with Crippen molar-refractivity contribution in [3.8, 4) is 0 Å². The second-order valence-electron chi connectivity index (χ2n) is 5.96. The quantitative estimate of drug-likeness (QED) is 0.761. The van der Waals surface area contributed by atoms with Gasteiger partial charge in [0.25, 0.3) is 5.91 Å². The van der Waals surface area contributed by atoms with E-state index in [2.05, 4.69) is 34.8 Å². The van der Waals surface area contributed by atoms with Crippen LogP contribution in [0.5, 0.6) is 0 Å². The van der Waals surface area contributed by atoms with E-state index >= 15 is 0 Å². The number of carboxylic acid groups (broad SMARTS) is 1. The number of carbonyl (C=O) groups is 2. The molecule has 0 heterocycles. The Hall–Kier alpha value is -1.11. The van der Waals surface area contributed by atoms with Gasteiger partial charge in [-0.3, -0.25) is 9.59 Å². The molecule has 1 aromatic rings. The third-order valence-corrected chi connectivity index (χ3v) is 5.03. The van der Waals surface area contributed by atoms with Gasteiger partial charge in [-0.2, -0.15) is 0 Å². The van der Waals surface area contributed by atoms with Crippen LogP contribution in [-0.4, -0.2) is 23.5 Å². The molecule has 2 rings (SSSR count). The van der Waals surface area contributed by atoms with Crippen LogP contribution in [0.25, 0.3) is 0 Å². The molecule has 1 saturated carbocycles. The number of benzene rings is 1. The van der Waals surface area contributed by atoms with Gasteiger partial charge in [0, 0.05) is 15.7 Å². The first kappa shape index (κ1) is 16.3. The fourth-order valence-corrected chi connectivity index (χ4v) is 3.31. The summed E-state index contributed by atoms with van der Waals surface area (Å²) in [4.78, 5) is 23.8. The number of halogens is 1. The van der Waals surface area contributed by atoms with Crippen LogP contribution < -0.4 is 5.32 Å². The van der Waals surface area contributed by atoms with Crippen LogP contribution in [0.4, 0.5) is 0 Å². The van der Waals surface area contributed by atoms with E-state index in [0.717, 1.165) is 16.4 Å². The van der Waals surface area contributed by atoms with Crippen LogP contribution in [0.1, 0.15) is 43.0 Å². The number of rotatable bonds is 4. The van der Waals surface area contributed by atoms with Crippen LogP contribution in [0.3, 0.4) is 0 Å². The first-order valence-corrected chi connectivity index (χ1v) is 8.28. The summed E-state index contributed by atoms with van der Waals surface area (Å²) in [5.41, 5.74) is -0.226. The van der Waals surface area contributed by atoms with Gasteiger partial charge in [0.15, 0.2) is 0 Å². The van der Waals surface area contributed by atoms with E-state index in [1.165, 1.54) is 0 Å². The van der Waals surface area contributed by atoms with Crippen LogP contribution in [0, 0.1) is 14.9 Å². The van der Waals surface area contributed by atoms with Crippen molar-refractivity contribution in [2.45, 2.75) is 32.6 Å². The standard InChI is InChI=1S/C16H20INO3/c1-11-5-7-16(8-6-11,15(20)21)10-18-14(19)12-3-2-4-13(17)9-12/h2-4,9,11H,5-8,10H2,1H3,(H,18,19)(H,20,21). The maximum Gasteiger partial charge on any atom is 0.311 e. The Bertz CT molecular complexity index is 536. The number of nitrogens with one attached hydrogen (secondary N) is 1. The lowest BCUT2D eigenvalue weighted by Gasteiger charge is -2.35. The SMILES string of the molecule is CC1CCC(CNC(=O)c2cccc(I)c2)(C(=O)O)CC1. The number of carbonyl (C=O) groups excluding carboxylic acids is 1. The number of hydrogen-bond donors (Lipinski definition) is 2. The summed E-state index contributed by atoms with van der Waals surface area (Å²) in [6, 6.07) is 7.28. The highest BCUT2D eigenvalue weighted by molar-refractivity contribution is 14.1. The van der Waals surface area contributed by atoms with Crippen LogP contribution in [-0.2, 0) is 4.79 Å². The van der Waals surface area contributed by atoms with Gasteiger partial charge in [0.05, 0.1) is 5.41 Å². The van der Waals surface area contributed by atoms with Gasteiger partial charge in [-0.05, 0) is 72.4 Å². The molecular formula is C16H20INO3. The van der Waals surface area contributed by atoms with Gasteiger partial charge in [-0.1, -0.05) is 13.0 Å². The van der Waals surface area contributed by atoms with Crippen LogP contribution >= 0.6 is 22.6 Å². The minimum absolute atomic E-state index is 0.201. The molecule has 21 heavy (non-hydrogen) atoms. The molecule has 2 N–H and O–H groups in total. The summed E-state index contributed by atoms with van der Waals surface area (Å²) < 4.78 is 0.986. The predicted molar refractivity (Wildman–Crippen MR) is 89.2 cm³/mol. The van der Waals surface area contributed by atoms with Gasteiger partial charge < -0.3 is 10.4 Å². The largest absolute Gasteiger partial charge is 0.481 e. The monoisotopic (exact) mass is 401 g/mol. The van der Waals surface area contributed by atoms with Crippen molar-refractivity contribution in [1.29, 1.82) is 0 Å². The summed E-state index contributed by atoms with van der Waals surface area (Å²) in [7, 11) is 0. The lowest BCUT2D eigenvalue weighted by Crippen LogP contribution is -2.45. The highest BCUT2D eigenvalue weighted by Gasteiger charge is 2.41. The molecule has 1 amide bonds. The summed E-state index contributed by atoms with van der Waals surface area (Å²) in [5.74, 6) is -0.422. The normalized spacial score (nSPS) is 25.3. The zero-order chi connectivity index (χ0) is 15.5. The van der Waals surface area contributed by atoms with E-state index in [1.54, 1.807) is 12.1 Å². The Kier molecular flexibility index (Phi) is 5.24. The predicted octanol–water partition coefficient (Wildman–Crippen LogP) is 3.30. The first-order valence-electron chi connectivity index (χ1n) is 7.20. The molecule has 0 spiro atoms. The van der Waals surface area contributed by atoms with E-state index < -0.39 is 11.4 Å². The van der Waals surface area contributed by atoms with Crippen molar-refractivity contribution in [1.82, 2.24) is 5.32 Å². The molecule has 0 aromatic heterocycles. The molecule has 0 unspecified atom stereocenters. The zero-order valence-electron chi connectivity index (χ0n) is 12.1. The number of carboxylic acids is 1. The van der Waals surface area contributed by atoms with E-state index in [1.807, 2.05) is 12.1 Å². The highest BCUT2D eigenvalue weighted by atomic mass is 127. The Balaban J connectivity index is 2.02. The van der Waals surface area contributed by atoms with Crippen molar-refractivity contribution in [3.63, 3.8) is 0 Å². The van der Waals surface area contributed by atoms with Gasteiger partial charge in [0.1, 0.15) is 0 Å².